The largest absolute Gasteiger partial charge is 0.496 e. The van der Waals surface area contributed by atoms with E-state index in [1.165, 1.54) is 17.7 Å². The predicted octanol–water partition coefficient (Wildman–Crippen LogP) is 5.76. The standard InChI is InChI=1S/C25H19N5O2S/c1-32-21-8-4-2-6-18(21)20-14-23(27-15-26-20)28-16-10-12-17(13-11-16)29-24(31)25-30-19-7-3-5-9-22(19)33-25/h2-15H,1H3,(H,29,31)(H,26,27,28). The number of fused-ring (bicyclic) bond motifs is 1. The van der Waals surface area contributed by atoms with Gasteiger partial charge in [0, 0.05) is 23.0 Å². The van der Waals surface area contributed by atoms with Crippen molar-refractivity contribution in [3.8, 4) is 17.0 Å². The average Bonchev–Trinajstić information content (AvgIpc) is 3.30. The van der Waals surface area contributed by atoms with Gasteiger partial charge in [-0.2, -0.15) is 0 Å². The van der Waals surface area contributed by atoms with Gasteiger partial charge in [0.25, 0.3) is 5.91 Å². The number of nitrogens with zero attached hydrogens (tertiary/aromatic N) is 3. The zero-order valence-corrected chi connectivity index (χ0v) is 18.5. The molecular formula is C25H19N5O2S. The van der Waals surface area contributed by atoms with Gasteiger partial charge in [0.2, 0.25) is 0 Å². The molecule has 0 atom stereocenters. The molecule has 5 rings (SSSR count). The van der Waals surface area contributed by atoms with Gasteiger partial charge in [0.1, 0.15) is 17.9 Å². The van der Waals surface area contributed by atoms with E-state index in [9.17, 15) is 4.79 Å². The van der Waals surface area contributed by atoms with Gasteiger partial charge < -0.3 is 15.4 Å². The van der Waals surface area contributed by atoms with Gasteiger partial charge >= 0.3 is 0 Å². The van der Waals surface area contributed by atoms with Gasteiger partial charge in [0.05, 0.1) is 23.0 Å². The van der Waals surface area contributed by atoms with Crippen LogP contribution in [-0.2, 0) is 0 Å². The Kier molecular flexibility index (Phi) is 5.65. The predicted molar refractivity (Wildman–Crippen MR) is 131 cm³/mol. The van der Waals surface area contributed by atoms with Gasteiger partial charge in [-0.25, -0.2) is 15.0 Å². The number of aromatic nitrogens is 3. The monoisotopic (exact) mass is 453 g/mol. The maximum atomic E-state index is 12.6. The summed E-state index contributed by atoms with van der Waals surface area (Å²) in [5.41, 5.74) is 3.98. The summed E-state index contributed by atoms with van der Waals surface area (Å²) in [7, 11) is 1.64. The fourth-order valence-corrected chi connectivity index (χ4v) is 4.23. The summed E-state index contributed by atoms with van der Waals surface area (Å²) in [6.45, 7) is 0. The minimum Gasteiger partial charge on any atom is -0.496 e. The van der Waals surface area contributed by atoms with Crippen LogP contribution in [-0.4, -0.2) is 28.0 Å². The minimum absolute atomic E-state index is 0.228. The van der Waals surface area contributed by atoms with E-state index in [2.05, 4.69) is 25.6 Å². The Hall–Kier alpha value is -4.30. The third-order valence-corrected chi connectivity index (χ3v) is 5.99. The number of nitrogens with one attached hydrogen (secondary N) is 2. The van der Waals surface area contributed by atoms with Crippen molar-refractivity contribution in [2.24, 2.45) is 0 Å². The number of amides is 1. The highest BCUT2D eigenvalue weighted by Gasteiger charge is 2.12. The number of anilines is 3. The van der Waals surface area contributed by atoms with Crippen LogP contribution < -0.4 is 15.4 Å². The molecule has 5 aromatic rings. The van der Waals surface area contributed by atoms with Crippen LogP contribution in [0.5, 0.6) is 5.75 Å². The van der Waals surface area contributed by atoms with Gasteiger partial charge in [-0.3, -0.25) is 4.79 Å². The lowest BCUT2D eigenvalue weighted by molar-refractivity contribution is 0.102. The van der Waals surface area contributed by atoms with E-state index in [1.54, 1.807) is 7.11 Å². The van der Waals surface area contributed by atoms with E-state index in [-0.39, 0.29) is 5.91 Å². The maximum absolute atomic E-state index is 12.6. The van der Waals surface area contributed by atoms with Crippen molar-refractivity contribution in [3.05, 3.63) is 90.2 Å². The summed E-state index contributed by atoms with van der Waals surface area (Å²) in [5, 5.41) is 6.60. The van der Waals surface area contributed by atoms with Crippen molar-refractivity contribution in [1.29, 1.82) is 0 Å². The number of rotatable bonds is 6. The fourth-order valence-electron chi connectivity index (χ4n) is 3.37. The fraction of sp³-hybridized carbons (Fsp3) is 0.0400. The second kappa shape index (κ2) is 9.05. The lowest BCUT2D eigenvalue weighted by Gasteiger charge is -2.10. The van der Waals surface area contributed by atoms with Crippen molar-refractivity contribution in [3.63, 3.8) is 0 Å². The molecule has 0 aliphatic heterocycles. The smallest absolute Gasteiger partial charge is 0.284 e. The third kappa shape index (κ3) is 4.51. The molecule has 2 aromatic heterocycles. The Bertz CT molecular complexity index is 1400. The van der Waals surface area contributed by atoms with Crippen molar-refractivity contribution in [2.75, 3.05) is 17.7 Å². The SMILES string of the molecule is COc1ccccc1-c1cc(Nc2ccc(NC(=O)c3nc4ccccc4s3)cc2)ncn1. The van der Waals surface area contributed by atoms with E-state index in [0.717, 1.165) is 32.9 Å². The number of benzene rings is 3. The summed E-state index contributed by atoms with van der Waals surface area (Å²) in [6, 6.07) is 24.7. The molecule has 162 valence electrons. The van der Waals surface area contributed by atoms with Crippen molar-refractivity contribution in [1.82, 2.24) is 15.0 Å². The zero-order chi connectivity index (χ0) is 22.6. The molecule has 2 N–H and O–H groups in total. The second-order valence-corrected chi connectivity index (χ2v) is 8.16. The molecule has 0 aliphatic carbocycles. The zero-order valence-electron chi connectivity index (χ0n) is 17.6. The number of hydrogen-bond donors (Lipinski definition) is 2. The van der Waals surface area contributed by atoms with Crippen LogP contribution in [0.25, 0.3) is 21.5 Å². The van der Waals surface area contributed by atoms with E-state index in [4.69, 9.17) is 4.74 Å². The molecule has 2 heterocycles. The average molecular weight is 454 g/mol. The highest BCUT2D eigenvalue weighted by molar-refractivity contribution is 7.20. The molecular weight excluding hydrogens is 434 g/mol. The highest BCUT2D eigenvalue weighted by atomic mass is 32.1. The molecule has 0 fully saturated rings. The second-order valence-electron chi connectivity index (χ2n) is 7.13. The first kappa shape index (κ1) is 20.6. The lowest BCUT2D eigenvalue weighted by atomic mass is 10.1. The maximum Gasteiger partial charge on any atom is 0.284 e. The van der Waals surface area contributed by atoms with Crippen LogP contribution in [0.4, 0.5) is 17.2 Å². The molecule has 33 heavy (non-hydrogen) atoms. The van der Waals surface area contributed by atoms with Gasteiger partial charge in [-0.1, -0.05) is 24.3 Å². The molecule has 0 saturated carbocycles. The van der Waals surface area contributed by atoms with Gasteiger partial charge in [0.15, 0.2) is 5.01 Å². The summed E-state index contributed by atoms with van der Waals surface area (Å²) in [5.74, 6) is 1.17. The Morgan fingerprint density at radius 2 is 1.67 bits per heavy atom. The highest BCUT2D eigenvalue weighted by Crippen LogP contribution is 2.29. The van der Waals surface area contributed by atoms with Crippen LogP contribution in [0, 0.1) is 0 Å². The molecule has 0 unspecified atom stereocenters. The van der Waals surface area contributed by atoms with E-state index in [1.807, 2.05) is 78.9 Å². The molecule has 8 heteroatoms. The molecule has 0 aliphatic rings. The molecule has 0 bridgehead atoms. The van der Waals surface area contributed by atoms with E-state index in [0.29, 0.717) is 16.5 Å². The minimum atomic E-state index is -0.228. The van der Waals surface area contributed by atoms with Crippen molar-refractivity contribution < 1.29 is 9.53 Å². The number of carbonyl (C=O) groups is 1. The summed E-state index contributed by atoms with van der Waals surface area (Å²) >= 11 is 1.37. The van der Waals surface area contributed by atoms with Crippen molar-refractivity contribution >= 4 is 44.7 Å². The number of para-hydroxylation sites is 2. The van der Waals surface area contributed by atoms with Crippen LogP contribution in [0.3, 0.4) is 0 Å². The van der Waals surface area contributed by atoms with Gasteiger partial charge in [-0.05, 0) is 48.5 Å². The number of hydrogen-bond acceptors (Lipinski definition) is 7. The van der Waals surface area contributed by atoms with Crippen molar-refractivity contribution in [2.45, 2.75) is 0 Å². The third-order valence-electron chi connectivity index (χ3n) is 4.95. The van der Waals surface area contributed by atoms with Crippen LogP contribution in [0.15, 0.2) is 85.2 Å². The first-order valence-corrected chi connectivity index (χ1v) is 11.0. The van der Waals surface area contributed by atoms with Crippen LogP contribution in [0.2, 0.25) is 0 Å². The Labute approximate surface area is 194 Å². The first-order valence-electron chi connectivity index (χ1n) is 10.2. The van der Waals surface area contributed by atoms with Gasteiger partial charge in [-0.15, -0.1) is 11.3 Å². The Morgan fingerprint density at radius 3 is 2.48 bits per heavy atom. The summed E-state index contributed by atoms with van der Waals surface area (Å²) in [4.78, 5) is 25.7. The Balaban J connectivity index is 1.29. The molecule has 1 amide bonds. The van der Waals surface area contributed by atoms with E-state index >= 15 is 0 Å². The van der Waals surface area contributed by atoms with E-state index < -0.39 is 0 Å². The normalized spacial score (nSPS) is 10.7. The molecule has 0 saturated heterocycles. The number of thiazole rings is 1. The number of carbonyl (C=O) groups excluding carboxylic acids is 1. The summed E-state index contributed by atoms with van der Waals surface area (Å²) in [6.07, 6.45) is 1.51. The van der Waals surface area contributed by atoms with Crippen LogP contribution >= 0.6 is 11.3 Å². The Morgan fingerprint density at radius 1 is 0.909 bits per heavy atom. The number of ether oxygens (including phenoxy) is 1. The molecule has 7 nitrogen and oxygen atoms in total. The summed E-state index contributed by atoms with van der Waals surface area (Å²) < 4.78 is 6.42. The quantitative estimate of drug-likeness (QED) is 0.340. The van der Waals surface area contributed by atoms with Crippen LogP contribution in [0.1, 0.15) is 9.80 Å². The first-order chi connectivity index (χ1) is 16.2. The molecule has 3 aromatic carbocycles. The topological polar surface area (TPSA) is 89.0 Å². The molecule has 0 radical (unpaired) electrons. The lowest BCUT2D eigenvalue weighted by Crippen LogP contribution is -2.11. The number of methoxy groups -OCH3 is 1. The molecule has 0 spiro atoms.